The molecule has 1 aromatic rings. The minimum Gasteiger partial charge on any atom is -0.466 e. The van der Waals surface area contributed by atoms with Gasteiger partial charge in [0.2, 0.25) is 0 Å². The molecule has 3 nitrogen and oxygen atoms in total. The van der Waals surface area contributed by atoms with Gasteiger partial charge in [-0.25, -0.2) is 0 Å². The lowest BCUT2D eigenvalue weighted by Crippen LogP contribution is -2.55. The van der Waals surface area contributed by atoms with Crippen molar-refractivity contribution < 1.29 is 9.53 Å². The molecule has 4 rings (SSSR count). The Morgan fingerprint density at radius 1 is 1.18 bits per heavy atom. The fourth-order valence-corrected chi connectivity index (χ4v) is 4.39. The minimum absolute atomic E-state index is 0.00895. The Labute approximate surface area is 133 Å². The Kier molecular flexibility index (Phi) is 4.82. The Morgan fingerprint density at radius 3 is 2.45 bits per heavy atom. The van der Waals surface area contributed by atoms with E-state index in [1.807, 2.05) is 13.0 Å². The summed E-state index contributed by atoms with van der Waals surface area (Å²) < 4.78 is 5.37. The highest BCUT2D eigenvalue weighted by Crippen LogP contribution is 2.46. The Balaban J connectivity index is 1.75. The second-order valence-corrected chi connectivity index (χ2v) is 6.78. The first-order valence-corrected chi connectivity index (χ1v) is 8.68. The molecular weight excluding hydrogens is 274 g/mol. The first kappa shape index (κ1) is 15.5. The number of nitrogens with one attached hydrogen (secondary N) is 1. The molecule has 22 heavy (non-hydrogen) atoms. The van der Waals surface area contributed by atoms with E-state index in [1.165, 1.54) is 31.2 Å². The fourth-order valence-electron chi connectivity index (χ4n) is 4.39. The monoisotopic (exact) mass is 301 g/mol. The van der Waals surface area contributed by atoms with E-state index in [-0.39, 0.29) is 24.0 Å². The Hall–Kier alpha value is -1.35. The summed E-state index contributed by atoms with van der Waals surface area (Å²) >= 11 is 0. The molecule has 3 atom stereocenters. The van der Waals surface area contributed by atoms with E-state index in [0.29, 0.717) is 18.4 Å². The zero-order valence-electron chi connectivity index (χ0n) is 13.6. The third-order valence-corrected chi connectivity index (χ3v) is 5.52. The minimum atomic E-state index is 0.00895. The SMILES string of the molecule is CCOC(=O)[C@H]1C2CCC(CC2)[C@@H]1N[C@@H](C)c1ccccc1. The van der Waals surface area contributed by atoms with Crippen LogP contribution in [0.3, 0.4) is 0 Å². The maximum Gasteiger partial charge on any atom is 0.310 e. The van der Waals surface area contributed by atoms with Gasteiger partial charge in [0.05, 0.1) is 12.5 Å². The van der Waals surface area contributed by atoms with E-state index in [4.69, 9.17) is 4.74 Å². The molecule has 120 valence electrons. The van der Waals surface area contributed by atoms with Gasteiger partial charge in [0, 0.05) is 12.1 Å². The molecule has 0 saturated heterocycles. The third kappa shape index (κ3) is 3.05. The predicted octanol–water partition coefficient (Wildman–Crippen LogP) is 3.71. The number of fused-ring (bicyclic) bond motifs is 3. The Morgan fingerprint density at radius 2 is 1.82 bits per heavy atom. The molecule has 1 aromatic carbocycles. The highest BCUT2D eigenvalue weighted by molar-refractivity contribution is 5.74. The van der Waals surface area contributed by atoms with Crippen molar-refractivity contribution in [2.24, 2.45) is 17.8 Å². The average Bonchev–Trinajstić information content (AvgIpc) is 2.56. The standard InChI is InChI=1S/C19H27NO2/c1-3-22-19(21)17-15-9-11-16(12-10-15)18(17)20-13(2)14-7-5-4-6-8-14/h4-8,13,15-18,20H,3,9-12H2,1-2H3/t13-,15?,16?,17-,18-/m0/s1. The molecule has 3 fully saturated rings. The van der Waals surface area contributed by atoms with E-state index in [9.17, 15) is 4.79 Å². The number of hydrogen-bond acceptors (Lipinski definition) is 3. The van der Waals surface area contributed by atoms with Crippen LogP contribution in [0.2, 0.25) is 0 Å². The number of hydrogen-bond donors (Lipinski definition) is 1. The van der Waals surface area contributed by atoms with Crippen molar-refractivity contribution in [2.75, 3.05) is 6.61 Å². The van der Waals surface area contributed by atoms with Gasteiger partial charge < -0.3 is 10.1 Å². The summed E-state index contributed by atoms with van der Waals surface area (Å²) in [6.07, 6.45) is 4.87. The molecule has 0 heterocycles. The van der Waals surface area contributed by atoms with Crippen molar-refractivity contribution in [3.05, 3.63) is 35.9 Å². The van der Waals surface area contributed by atoms with Crippen molar-refractivity contribution >= 4 is 5.97 Å². The fraction of sp³-hybridized carbons (Fsp3) is 0.632. The summed E-state index contributed by atoms with van der Waals surface area (Å²) in [5, 5.41) is 3.76. The molecule has 0 aromatic heterocycles. The average molecular weight is 301 g/mol. The summed E-state index contributed by atoms with van der Waals surface area (Å²) in [5.74, 6) is 1.17. The second kappa shape index (κ2) is 6.82. The highest BCUT2D eigenvalue weighted by Gasteiger charge is 2.48. The normalized spacial score (nSPS) is 31.7. The van der Waals surface area contributed by atoms with Crippen LogP contribution in [-0.2, 0) is 9.53 Å². The summed E-state index contributed by atoms with van der Waals surface area (Å²) in [6.45, 7) is 4.57. The summed E-state index contributed by atoms with van der Waals surface area (Å²) in [7, 11) is 0. The van der Waals surface area contributed by atoms with E-state index in [1.54, 1.807) is 0 Å². The van der Waals surface area contributed by atoms with Gasteiger partial charge in [-0.2, -0.15) is 0 Å². The van der Waals surface area contributed by atoms with E-state index >= 15 is 0 Å². The van der Waals surface area contributed by atoms with Crippen LogP contribution in [0.25, 0.3) is 0 Å². The molecule has 0 radical (unpaired) electrons. The van der Waals surface area contributed by atoms with Crippen LogP contribution >= 0.6 is 0 Å². The van der Waals surface area contributed by atoms with Crippen LogP contribution in [0.1, 0.15) is 51.1 Å². The number of ether oxygens (including phenoxy) is 1. The van der Waals surface area contributed by atoms with Crippen molar-refractivity contribution in [2.45, 2.75) is 51.6 Å². The van der Waals surface area contributed by atoms with Gasteiger partial charge >= 0.3 is 5.97 Å². The summed E-state index contributed by atoms with van der Waals surface area (Å²) in [5.41, 5.74) is 1.28. The lowest BCUT2D eigenvalue weighted by atomic mass is 9.61. The van der Waals surface area contributed by atoms with Crippen LogP contribution in [-0.4, -0.2) is 18.6 Å². The number of carbonyl (C=O) groups excluding carboxylic acids is 1. The smallest absolute Gasteiger partial charge is 0.310 e. The second-order valence-electron chi connectivity index (χ2n) is 6.78. The molecule has 0 spiro atoms. The van der Waals surface area contributed by atoms with Gasteiger partial charge in [-0.05, 0) is 56.9 Å². The number of esters is 1. The molecule has 3 heteroatoms. The third-order valence-electron chi connectivity index (χ3n) is 5.52. The molecule has 0 amide bonds. The van der Waals surface area contributed by atoms with Gasteiger partial charge in [0.25, 0.3) is 0 Å². The zero-order valence-corrected chi connectivity index (χ0v) is 13.6. The van der Waals surface area contributed by atoms with Crippen LogP contribution in [0, 0.1) is 17.8 Å². The van der Waals surface area contributed by atoms with Gasteiger partial charge in [0.15, 0.2) is 0 Å². The predicted molar refractivity (Wildman–Crippen MR) is 87.4 cm³/mol. The van der Waals surface area contributed by atoms with E-state index in [0.717, 1.165) is 0 Å². The van der Waals surface area contributed by atoms with Crippen molar-refractivity contribution in [3.8, 4) is 0 Å². The summed E-state index contributed by atoms with van der Waals surface area (Å²) in [4.78, 5) is 12.5. The number of rotatable bonds is 5. The first-order valence-electron chi connectivity index (χ1n) is 8.68. The van der Waals surface area contributed by atoms with E-state index in [2.05, 4.69) is 36.5 Å². The van der Waals surface area contributed by atoms with Crippen LogP contribution in [0.5, 0.6) is 0 Å². The largest absolute Gasteiger partial charge is 0.466 e. The highest BCUT2D eigenvalue weighted by atomic mass is 16.5. The van der Waals surface area contributed by atoms with Crippen molar-refractivity contribution in [1.82, 2.24) is 5.32 Å². The molecule has 3 aliphatic carbocycles. The maximum atomic E-state index is 12.5. The summed E-state index contributed by atoms with van der Waals surface area (Å²) in [6, 6.07) is 11.0. The van der Waals surface area contributed by atoms with Gasteiger partial charge in [-0.15, -0.1) is 0 Å². The lowest BCUT2D eigenvalue weighted by molar-refractivity contribution is -0.156. The molecule has 1 N–H and O–H groups in total. The number of carbonyl (C=O) groups is 1. The molecule has 3 saturated carbocycles. The topological polar surface area (TPSA) is 38.3 Å². The van der Waals surface area contributed by atoms with Gasteiger partial charge in [-0.3, -0.25) is 4.79 Å². The van der Waals surface area contributed by atoms with Crippen LogP contribution in [0.15, 0.2) is 30.3 Å². The van der Waals surface area contributed by atoms with Gasteiger partial charge in [-0.1, -0.05) is 30.3 Å². The molecule has 0 aliphatic heterocycles. The molecule has 2 bridgehead atoms. The molecule has 3 aliphatic rings. The van der Waals surface area contributed by atoms with Gasteiger partial charge in [0.1, 0.15) is 0 Å². The van der Waals surface area contributed by atoms with Crippen LogP contribution in [0.4, 0.5) is 0 Å². The Bertz CT molecular complexity index is 493. The lowest BCUT2D eigenvalue weighted by Gasteiger charge is -2.48. The van der Waals surface area contributed by atoms with Crippen molar-refractivity contribution in [3.63, 3.8) is 0 Å². The van der Waals surface area contributed by atoms with Crippen LogP contribution < -0.4 is 5.32 Å². The zero-order chi connectivity index (χ0) is 15.5. The van der Waals surface area contributed by atoms with E-state index < -0.39 is 0 Å². The molecular formula is C19H27NO2. The van der Waals surface area contributed by atoms with Crippen molar-refractivity contribution in [1.29, 1.82) is 0 Å². The molecule has 0 unspecified atom stereocenters. The number of benzene rings is 1. The maximum absolute atomic E-state index is 12.5. The first-order chi connectivity index (χ1) is 10.7. The quantitative estimate of drug-likeness (QED) is 0.843.